The van der Waals surface area contributed by atoms with Crippen LogP contribution in [0, 0.1) is 0 Å². The van der Waals surface area contributed by atoms with Crippen LogP contribution in [0.2, 0.25) is 0 Å². The van der Waals surface area contributed by atoms with E-state index in [1.165, 1.54) is 109 Å². The van der Waals surface area contributed by atoms with E-state index >= 15 is 0 Å². The number of allylic oxidation sites excluding steroid dienone is 4. The molecular weight excluding hydrogens is 803 g/mol. The van der Waals surface area contributed by atoms with Crippen LogP contribution in [0.15, 0.2) is 24.3 Å². The molecule has 0 heterocycles. The normalized spacial score (nSPS) is 22.2. The van der Waals surface area contributed by atoms with E-state index < -0.39 is 75.7 Å². The molecule has 6 unspecified atom stereocenters. The number of hydrogen-bond donors (Lipinski definition) is 6. The molecule has 0 spiro atoms. The highest BCUT2D eigenvalue weighted by molar-refractivity contribution is 7.47. The Morgan fingerprint density at radius 2 is 0.885 bits per heavy atom. The van der Waals surface area contributed by atoms with Crippen molar-refractivity contribution in [2.75, 3.05) is 13.2 Å². The van der Waals surface area contributed by atoms with Gasteiger partial charge in [0.25, 0.3) is 0 Å². The van der Waals surface area contributed by atoms with E-state index in [4.69, 9.17) is 18.5 Å². The predicted octanol–water partition coefficient (Wildman–Crippen LogP) is 9.62. The molecule has 6 N–H and O–H groups in total. The minimum Gasteiger partial charge on any atom is -0.462 e. The van der Waals surface area contributed by atoms with E-state index in [2.05, 4.69) is 38.2 Å². The van der Waals surface area contributed by atoms with E-state index in [0.717, 1.165) is 57.8 Å². The summed E-state index contributed by atoms with van der Waals surface area (Å²) in [6.07, 6.45) is 28.1. The number of ether oxygens (including phenoxy) is 2. The summed E-state index contributed by atoms with van der Waals surface area (Å²) in [7, 11) is -5.11. The second-order valence-electron chi connectivity index (χ2n) is 17.0. The molecule has 13 nitrogen and oxygen atoms in total. The molecule has 1 fully saturated rings. The molecule has 0 amide bonds. The summed E-state index contributed by atoms with van der Waals surface area (Å²) in [4.78, 5) is 35.7. The quantitative estimate of drug-likeness (QED) is 0.0147. The maximum atomic E-state index is 12.8. The number of aliphatic hydroxyl groups excluding tert-OH is 5. The van der Waals surface area contributed by atoms with E-state index in [1.807, 2.05) is 0 Å². The first-order chi connectivity index (χ1) is 29.4. The molecule has 1 aliphatic rings. The van der Waals surface area contributed by atoms with Gasteiger partial charge in [-0.25, -0.2) is 4.57 Å². The monoisotopic (exact) mass is 891 g/mol. The molecule has 1 rings (SSSR count). The number of phosphoric ester groups is 1. The van der Waals surface area contributed by atoms with Gasteiger partial charge in [0.2, 0.25) is 0 Å². The maximum absolute atomic E-state index is 12.8. The summed E-state index contributed by atoms with van der Waals surface area (Å²) in [5.41, 5.74) is 0. The van der Waals surface area contributed by atoms with E-state index in [1.54, 1.807) is 0 Å². The Balaban J connectivity index is 2.40. The average molecular weight is 891 g/mol. The second-order valence-corrected chi connectivity index (χ2v) is 18.4. The zero-order chi connectivity index (χ0) is 45.0. The Morgan fingerprint density at radius 3 is 1.33 bits per heavy atom. The van der Waals surface area contributed by atoms with Gasteiger partial charge < -0.3 is 39.9 Å². The molecule has 0 radical (unpaired) electrons. The molecule has 1 aliphatic carbocycles. The first kappa shape index (κ1) is 57.3. The Kier molecular flexibility index (Phi) is 35.4. The molecule has 0 aromatic heterocycles. The van der Waals surface area contributed by atoms with Crippen molar-refractivity contribution in [1.29, 1.82) is 0 Å². The number of carbonyl (C=O) groups excluding carboxylic acids is 2. The van der Waals surface area contributed by atoms with Crippen molar-refractivity contribution >= 4 is 19.8 Å². The van der Waals surface area contributed by atoms with Gasteiger partial charge in [-0.3, -0.25) is 18.6 Å². The zero-order valence-electron chi connectivity index (χ0n) is 38.0. The fourth-order valence-electron chi connectivity index (χ4n) is 7.38. The molecule has 0 bridgehead atoms. The third-order valence-electron chi connectivity index (χ3n) is 11.3. The van der Waals surface area contributed by atoms with Crippen molar-refractivity contribution in [1.82, 2.24) is 0 Å². The molecule has 61 heavy (non-hydrogen) atoms. The molecular formula is C47H87O13P. The number of unbranched alkanes of at least 4 members (excludes halogenated alkanes) is 24. The van der Waals surface area contributed by atoms with Crippen molar-refractivity contribution in [2.45, 2.75) is 249 Å². The van der Waals surface area contributed by atoms with Crippen LogP contribution in [0.1, 0.15) is 206 Å². The van der Waals surface area contributed by atoms with Crippen LogP contribution in [-0.4, -0.2) is 98.3 Å². The van der Waals surface area contributed by atoms with Crippen molar-refractivity contribution in [3.8, 4) is 0 Å². The van der Waals surface area contributed by atoms with Crippen LogP contribution in [0.25, 0.3) is 0 Å². The Hall–Kier alpha value is -1.67. The summed E-state index contributed by atoms with van der Waals surface area (Å²) in [6.45, 7) is 3.29. The molecule has 14 heteroatoms. The maximum Gasteiger partial charge on any atom is 0.472 e. The lowest BCUT2D eigenvalue weighted by molar-refractivity contribution is -0.220. The largest absolute Gasteiger partial charge is 0.472 e. The van der Waals surface area contributed by atoms with Gasteiger partial charge in [-0.2, -0.15) is 0 Å². The zero-order valence-corrected chi connectivity index (χ0v) is 38.9. The average Bonchev–Trinajstić information content (AvgIpc) is 3.24. The van der Waals surface area contributed by atoms with Crippen LogP contribution in [0.4, 0.5) is 0 Å². The van der Waals surface area contributed by atoms with Crippen LogP contribution < -0.4 is 0 Å². The molecule has 1 saturated carbocycles. The fraction of sp³-hybridized carbons (Fsp3) is 0.872. The first-order valence-electron chi connectivity index (χ1n) is 24.1. The predicted molar refractivity (Wildman–Crippen MR) is 240 cm³/mol. The van der Waals surface area contributed by atoms with Crippen molar-refractivity contribution in [3.05, 3.63) is 24.3 Å². The minimum atomic E-state index is -5.11. The smallest absolute Gasteiger partial charge is 0.462 e. The van der Waals surface area contributed by atoms with Crippen molar-refractivity contribution in [2.24, 2.45) is 0 Å². The van der Waals surface area contributed by atoms with Gasteiger partial charge in [-0.05, 0) is 44.9 Å². The highest BCUT2D eigenvalue weighted by atomic mass is 31.2. The lowest BCUT2D eigenvalue weighted by atomic mass is 9.85. The van der Waals surface area contributed by atoms with Crippen LogP contribution in [0.5, 0.6) is 0 Å². The van der Waals surface area contributed by atoms with E-state index in [9.17, 15) is 44.6 Å². The highest BCUT2D eigenvalue weighted by Gasteiger charge is 2.51. The molecule has 0 aromatic carbocycles. The van der Waals surface area contributed by atoms with E-state index in [-0.39, 0.29) is 12.8 Å². The topological polar surface area (TPSA) is 210 Å². The molecule has 0 saturated heterocycles. The molecule has 0 aliphatic heterocycles. The Labute approximate surface area is 368 Å². The van der Waals surface area contributed by atoms with Crippen LogP contribution >= 0.6 is 7.82 Å². The molecule has 6 atom stereocenters. The number of hydrogen-bond acceptors (Lipinski definition) is 12. The third kappa shape index (κ3) is 30.2. The summed E-state index contributed by atoms with van der Waals surface area (Å²) in [5, 5.41) is 50.1. The number of aliphatic hydroxyl groups is 5. The van der Waals surface area contributed by atoms with Gasteiger partial charge >= 0.3 is 19.8 Å². The van der Waals surface area contributed by atoms with Gasteiger partial charge in [0.05, 0.1) is 6.61 Å². The lowest BCUT2D eigenvalue weighted by Gasteiger charge is -2.41. The number of phosphoric acid groups is 1. The SMILES string of the molecule is CCCCCCC/C=C\C/C=C\CCCCCCCCCCCC(=O)OC(COC(=O)CCCCCCCCCCCCC)COP(=O)(O)OC1C(O)C(O)C(O)C(O)C1O. The third-order valence-corrected chi connectivity index (χ3v) is 12.3. The Bertz CT molecular complexity index is 1170. The Morgan fingerprint density at radius 1 is 0.508 bits per heavy atom. The van der Waals surface area contributed by atoms with Gasteiger partial charge in [0.1, 0.15) is 43.2 Å². The summed E-state index contributed by atoms with van der Waals surface area (Å²) >= 11 is 0. The minimum absolute atomic E-state index is 0.0946. The molecule has 358 valence electrons. The van der Waals surface area contributed by atoms with Gasteiger partial charge in [-0.15, -0.1) is 0 Å². The van der Waals surface area contributed by atoms with Gasteiger partial charge in [0.15, 0.2) is 6.10 Å². The summed E-state index contributed by atoms with van der Waals surface area (Å²) in [5.74, 6) is -1.10. The number of esters is 2. The summed E-state index contributed by atoms with van der Waals surface area (Å²) < 4.78 is 33.5. The van der Waals surface area contributed by atoms with Crippen LogP contribution in [-0.2, 0) is 32.7 Å². The second kappa shape index (κ2) is 37.7. The first-order valence-corrected chi connectivity index (χ1v) is 25.6. The van der Waals surface area contributed by atoms with Crippen molar-refractivity contribution in [3.63, 3.8) is 0 Å². The van der Waals surface area contributed by atoms with Gasteiger partial charge in [-0.1, -0.05) is 173 Å². The number of carbonyl (C=O) groups is 2. The fourth-order valence-corrected chi connectivity index (χ4v) is 8.35. The number of rotatable bonds is 40. The van der Waals surface area contributed by atoms with Gasteiger partial charge in [0, 0.05) is 12.8 Å². The lowest BCUT2D eigenvalue weighted by Crippen LogP contribution is -2.64. The molecule has 0 aromatic rings. The standard InChI is InChI=1S/C47H87O13P/c1-3-5-7-9-11-13-15-16-17-18-19-20-21-22-23-24-26-28-30-32-34-36-41(49)59-39(37-57-40(48)35-33-31-29-27-25-14-12-10-8-6-4-2)38-58-61(55,56)60-47-45(53)43(51)42(50)44(52)46(47)54/h15-16,18-19,39,42-47,50-54H,3-14,17,20-38H2,1-2H3,(H,55,56)/b16-15-,19-18-. The summed E-state index contributed by atoms with van der Waals surface area (Å²) in [6, 6.07) is 0. The van der Waals surface area contributed by atoms with Crippen LogP contribution in [0.3, 0.4) is 0 Å². The highest BCUT2D eigenvalue weighted by Crippen LogP contribution is 2.47. The van der Waals surface area contributed by atoms with Crippen molar-refractivity contribution < 1.29 is 63.1 Å². The van der Waals surface area contributed by atoms with E-state index in [0.29, 0.717) is 12.8 Å².